The van der Waals surface area contributed by atoms with Crippen LogP contribution in [0.25, 0.3) is 0 Å². The number of sulfonamides is 1. The third-order valence-corrected chi connectivity index (χ3v) is 7.91. The Balaban J connectivity index is 0.00000324. The molecule has 11 heteroatoms. The van der Waals surface area contributed by atoms with E-state index in [1.807, 2.05) is 0 Å². The average Bonchev–Trinajstić information content (AvgIpc) is 3.64. The molecule has 2 aromatic rings. The number of halogens is 1. The van der Waals surface area contributed by atoms with Crippen molar-refractivity contribution in [2.45, 2.75) is 49.5 Å². The first-order valence-corrected chi connectivity index (χ1v) is 13.0. The number of nitriles is 1. The molecule has 0 amide bonds. The van der Waals surface area contributed by atoms with Gasteiger partial charge < -0.3 is 15.5 Å². The van der Waals surface area contributed by atoms with E-state index in [4.69, 9.17) is 0 Å². The standard InChI is InChI=1S/C23H31N7O2S.ClH/c1-29(12-5-15-30-13-3-2-4-14-30)33(31,32)21-10-8-20(9-11-21)27-23-25-17-18(16-24)22(28-23)26-19-6-7-19;/h8-11,17,19H,2-7,12-15H2,1H3,(H2,25,26,27,28);1H. The smallest absolute Gasteiger partial charge is 0.242 e. The fraction of sp³-hybridized carbons (Fsp3) is 0.522. The van der Waals surface area contributed by atoms with E-state index in [1.165, 1.54) is 29.8 Å². The summed E-state index contributed by atoms with van der Waals surface area (Å²) in [6.45, 7) is 3.66. The first-order chi connectivity index (χ1) is 16.0. The molecule has 2 heterocycles. The second-order valence-corrected chi connectivity index (χ2v) is 10.8. The van der Waals surface area contributed by atoms with E-state index in [2.05, 4.69) is 31.6 Å². The fourth-order valence-corrected chi connectivity index (χ4v) is 5.10. The number of hydrogen-bond acceptors (Lipinski definition) is 8. The van der Waals surface area contributed by atoms with Gasteiger partial charge in [0.1, 0.15) is 17.5 Å². The Morgan fingerprint density at radius 3 is 2.53 bits per heavy atom. The van der Waals surface area contributed by atoms with Crippen molar-refractivity contribution >= 4 is 39.9 Å². The van der Waals surface area contributed by atoms with Gasteiger partial charge in [0.2, 0.25) is 16.0 Å². The predicted molar refractivity (Wildman–Crippen MR) is 135 cm³/mol. The Kier molecular flexibility index (Phi) is 9.08. The molecule has 0 unspecified atom stereocenters. The van der Waals surface area contributed by atoms with Gasteiger partial charge in [-0.15, -0.1) is 12.4 Å². The highest BCUT2D eigenvalue weighted by Gasteiger charge is 2.23. The van der Waals surface area contributed by atoms with Crippen molar-refractivity contribution in [2.24, 2.45) is 0 Å². The summed E-state index contributed by atoms with van der Waals surface area (Å²) >= 11 is 0. The highest BCUT2D eigenvalue weighted by atomic mass is 35.5. The lowest BCUT2D eigenvalue weighted by molar-refractivity contribution is 0.222. The van der Waals surface area contributed by atoms with Crippen LogP contribution < -0.4 is 10.6 Å². The molecular weight excluding hydrogens is 474 g/mol. The molecule has 1 aromatic carbocycles. The molecule has 184 valence electrons. The zero-order chi connectivity index (χ0) is 23.3. The summed E-state index contributed by atoms with van der Waals surface area (Å²) in [6.07, 6.45) is 8.22. The molecule has 0 atom stereocenters. The zero-order valence-corrected chi connectivity index (χ0v) is 21.0. The van der Waals surface area contributed by atoms with Crippen LogP contribution in [0.3, 0.4) is 0 Å². The van der Waals surface area contributed by atoms with Gasteiger partial charge >= 0.3 is 0 Å². The highest BCUT2D eigenvalue weighted by Crippen LogP contribution is 2.26. The first kappa shape index (κ1) is 26.2. The molecule has 1 aliphatic carbocycles. The van der Waals surface area contributed by atoms with E-state index in [-0.39, 0.29) is 17.3 Å². The summed E-state index contributed by atoms with van der Waals surface area (Å²) in [6, 6.07) is 9.04. The van der Waals surface area contributed by atoms with Crippen LogP contribution in [0.15, 0.2) is 35.4 Å². The minimum Gasteiger partial charge on any atom is -0.366 e. The monoisotopic (exact) mass is 505 g/mol. The number of anilines is 3. The number of hydrogen-bond donors (Lipinski definition) is 2. The molecule has 0 spiro atoms. The molecule has 2 fully saturated rings. The first-order valence-electron chi connectivity index (χ1n) is 11.5. The summed E-state index contributed by atoms with van der Waals surface area (Å²) in [5, 5.41) is 15.6. The van der Waals surface area contributed by atoms with Gasteiger partial charge in [-0.2, -0.15) is 10.2 Å². The molecular formula is C23H32ClN7O2S. The number of nitrogens with zero attached hydrogens (tertiary/aromatic N) is 5. The lowest BCUT2D eigenvalue weighted by Gasteiger charge is -2.27. The van der Waals surface area contributed by atoms with E-state index in [0.29, 0.717) is 35.6 Å². The van der Waals surface area contributed by atoms with E-state index >= 15 is 0 Å². The maximum atomic E-state index is 12.9. The summed E-state index contributed by atoms with van der Waals surface area (Å²) < 4.78 is 27.3. The van der Waals surface area contributed by atoms with Crippen LogP contribution >= 0.6 is 12.4 Å². The molecule has 2 N–H and O–H groups in total. The fourth-order valence-electron chi connectivity index (χ4n) is 3.89. The summed E-state index contributed by atoms with van der Waals surface area (Å²) in [4.78, 5) is 11.3. The van der Waals surface area contributed by atoms with Crippen molar-refractivity contribution in [3.05, 3.63) is 36.0 Å². The van der Waals surface area contributed by atoms with Crippen molar-refractivity contribution < 1.29 is 8.42 Å². The average molecular weight is 506 g/mol. The number of aromatic nitrogens is 2. The van der Waals surface area contributed by atoms with Crippen LogP contribution in [0.5, 0.6) is 0 Å². The van der Waals surface area contributed by atoms with Gasteiger partial charge in [0.25, 0.3) is 0 Å². The molecule has 34 heavy (non-hydrogen) atoms. The second kappa shape index (κ2) is 11.8. The number of likely N-dealkylation sites (tertiary alicyclic amines) is 1. The minimum atomic E-state index is -3.54. The van der Waals surface area contributed by atoms with Crippen molar-refractivity contribution in [3.8, 4) is 6.07 Å². The van der Waals surface area contributed by atoms with Gasteiger partial charge in [-0.05, 0) is 76.0 Å². The number of nitrogens with one attached hydrogen (secondary N) is 2. The van der Waals surface area contributed by atoms with E-state index < -0.39 is 10.0 Å². The third kappa shape index (κ3) is 6.79. The Labute approximate surface area is 208 Å². The van der Waals surface area contributed by atoms with Crippen LogP contribution in [0.2, 0.25) is 0 Å². The molecule has 1 aliphatic heterocycles. The zero-order valence-electron chi connectivity index (χ0n) is 19.4. The topological polar surface area (TPSA) is 114 Å². The highest BCUT2D eigenvalue weighted by molar-refractivity contribution is 7.89. The molecule has 0 radical (unpaired) electrons. The van der Waals surface area contributed by atoms with Gasteiger partial charge in [0, 0.05) is 25.3 Å². The van der Waals surface area contributed by atoms with Crippen molar-refractivity contribution in [2.75, 3.05) is 43.9 Å². The minimum absolute atomic E-state index is 0. The summed E-state index contributed by atoms with van der Waals surface area (Å²) in [5.74, 6) is 0.866. The molecule has 0 bridgehead atoms. The largest absolute Gasteiger partial charge is 0.366 e. The lowest BCUT2D eigenvalue weighted by atomic mass is 10.1. The predicted octanol–water partition coefficient (Wildman–Crippen LogP) is 3.58. The molecule has 2 aliphatic rings. The maximum absolute atomic E-state index is 12.9. The van der Waals surface area contributed by atoms with Crippen LogP contribution in [0.4, 0.5) is 17.5 Å². The van der Waals surface area contributed by atoms with Crippen molar-refractivity contribution in [3.63, 3.8) is 0 Å². The molecule has 4 rings (SSSR count). The van der Waals surface area contributed by atoms with Crippen LogP contribution in [-0.2, 0) is 10.0 Å². The maximum Gasteiger partial charge on any atom is 0.242 e. The quantitative estimate of drug-likeness (QED) is 0.503. The SMILES string of the molecule is CN(CCCN1CCCCC1)S(=O)(=O)c1ccc(Nc2ncc(C#N)c(NC3CC3)n2)cc1.Cl. The number of benzene rings is 1. The summed E-state index contributed by atoms with van der Waals surface area (Å²) in [7, 11) is -1.91. The Bertz CT molecular complexity index is 1100. The van der Waals surface area contributed by atoms with Crippen molar-refractivity contribution in [1.29, 1.82) is 5.26 Å². The van der Waals surface area contributed by atoms with Gasteiger partial charge in [0.15, 0.2) is 0 Å². The molecule has 1 aromatic heterocycles. The van der Waals surface area contributed by atoms with Crippen LogP contribution in [-0.4, -0.2) is 66.9 Å². The number of rotatable bonds is 10. The summed E-state index contributed by atoms with van der Waals surface area (Å²) in [5.41, 5.74) is 1.07. The molecule has 9 nitrogen and oxygen atoms in total. The van der Waals surface area contributed by atoms with E-state index in [0.717, 1.165) is 38.9 Å². The normalized spacial score (nSPS) is 16.5. The Morgan fingerprint density at radius 1 is 1.18 bits per heavy atom. The molecule has 1 saturated heterocycles. The number of piperidine rings is 1. The van der Waals surface area contributed by atoms with E-state index in [1.54, 1.807) is 31.3 Å². The lowest BCUT2D eigenvalue weighted by Crippen LogP contribution is -2.34. The van der Waals surface area contributed by atoms with Gasteiger partial charge in [-0.25, -0.2) is 17.7 Å². The van der Waals surface area contributed by atoms with Crippen molar-refractivity contribution in [1.82, 2.24) is 19.2 Å². The van der Waals surface area contributed by atoms with Gasteiger partial charge in [-0.1, -0.05) is 6.42 Å². The molecule has 1 saturated carbocycles. The second-order valence-electron chi connectivity index (χ2n) is 8.72. The van der Waals surface area contributed by atoms with Crippen LogP contribution in [0, 0.1) is 11.3 Å². The van der Waals surface area contributed by atoms with Gasteiger partial charge in [0.05, 0.1) is 11.1 Å². The Morgan fingerprint density at radius 2 is 1.88 bits per heavy atom. The third-order valence-electron chi connectivity index (χ3n) is 6.04. The van der Waals surface area contributed by atoms with E-state index in [9.17, 15) is 13.7 Å². The van der Waals surface area contributed by atoms with Crippen LogP contribution in [0.1, 0.15) is 44.1 Å². The van der Waals surface area contributed by atoms with Gasteiger partial charge in [-0.3, -0.25) is 0 Å². The Hall–Kier alpha value is -2.45.